The van der Waals surface area contributed by atoms with E-state index in [1.807, 2.05) is 60.7 Å². The van der Waals surface area contributed by atoms with Crippen LogP contribution in [0.5, 0.6) is 5.75 Å². The Morgan fingerprint density at radius 3 is 1.89 bits per heavy atom. The predicted octanol–water partition coefficient (Wildman–Crippen LogP) is 3.72. The van der Waals surface area contributed by atoms with E-state index in [0.29, 0.717) is 0 Å². The summed E-state index contributed by atoms with van der Waals surface area (Å²) in [6.07, 6.45) is 9.31. The molecule has 2 aromatic carbocycles. The van der Waals surface area contributed by atoms with Crippen molar-refractivity contribution in [2.75, 3.05) is 0 Å². The van der Waals surface area contributed by atoms with Crippen molar-refractivity contribution in [2.45, 2.75) is 0 Å². The van der Waals surface area contributed by atoms with E-state index < -0.39 is 0 Å². The third kappa shape index (κ3) is 4.43. The molecule has 0 aliphatic carbocycles. The molecule has 91 valence electrons. The Hall–Kier alpha value is -2.35. The Bertz CT molecular complexity index is 568. The summed E-state index contributed by atoms with van der Waals surface area (Å²) < 4.78 is 5.06. The van der Waals surface area contributed by atoms with Gasteiger partial charge in [-0.3, -0.25) is 0 Å². The van der Waals surface area contributed by atoms with E-state index in [9.17, 15) is 0 Å². The molecule has 0 aliphatic rings. The molecular weight excluding hydrogens is 231 g/mol. The molecule has 2 rings (SSSR count). The van der Waals surface area contributed by atoms with Gasteiger partial charge in [-0.2, -0.15) is 0 Å². The number of ether oxygens (including phenoxy) is 1. The minimum absolute atomic E-state index is 0.736. The molecule has 0 aromatic heterocycles. The van der Waals surface area contributed by atoms with Gasteiger partial charge in [0.2, 0.25) is 0 Å². The van der Waals surface area contributed by atoms with Gasteiger partial charge in [0, 0.05) is 0 Å². The summed E-state index contributed by atoms with van der Waals surface area (Å²) >= 11 is 0. The monoisotopic (exact) mass is 245 g/mol. The Balaban J connectivity index is 1.95. The first-order chi connectivity index (χ1) is 9.38. The van der Waals surface area contributed by atoms with Crippen LogP contribution in [0.4, 0.5) is 0 Å². The summed E-state index contributed by atoms with van der Waals surface area (Å²) in [5.41, 5.74) is 2.30. The molecule has 0 amide bonds. The molecule has 0 saturated heterocycles. The zero-order valence-corrected chi connectivity index (χ0v) is 10.6. The minimum atomic E-state index is 0.736. The molecular formula is C17H14BO. The van der Waals surface area contributed by atoms with Crippen LogP contribution < -0.4 is 4.74 Å². The van der Waals surface area contributed by atoms with Crippen molar-refractivity contribution in [3.63, 3.8) is 0 Å². The Labute approximate surface area is 114 Å². The van der Waals surface area contributed by atoms with E-state index in [2.05, 4.69) is 18.2 Å². The molecule has 0 aliphatic heterocycles. The van der Waals surface area contributed by atoms with E-state index in [0.717, 1.165) is 11.3 Å². The second-order valence-electron chi connectivity index (χ2n) is 3.95. The van der Waals surface area contributed by atoms with E-state index in [1.54, 1.807) is 0 Å². The Morgan fingerprint density at radius 2 is 1.32 bits per heavy atom. The van der Waals surface area contributed by atoms with E-state index in [4.69, 9.17) is 12.2 Å². The predicted molar refractivity (Wildman–Crippen MR) is 83.4 cm³/mol. The van der Waals surface area contributed by atoms with Crippen LogP contribution in [-0.4, -0.2) is 13.6 Å². The van der Waals surface area contributed by atoms with Gasteiger partial charge in [0.15, 0.2) is 0 Å². The van der Waals surface area contributed by atoms with Gasteiger partial charge in [-0.1, -0.05) is 18.2 Å². The zero-order valence-electron chi connectivity index (χ0n) is 10.6. The first kappa shape index (κ1) is 13.1. The van der Waals surface area contributed by atoms with Crippen LogP contribution >= 0.6 is 0 Å². The van der Waals surface area contributed by atoms with Crippen molar-refractivity contribution in [3.05, 3.63) is 77.9 Å². The molecule has 2 aromatic rings. The first-order valence-corrected chi connectivity index (χ1v) is 6.08. The third-order valence-corrected chi connectivity index (χ3v) is 2.57. The van der Waals surface area contributed by atoms with Gasteiger partial charge in [-0.15, -0.1) is 0 Å². The van der Waals surface area contributed by atoms with Crippen molar-refractivity contribution >= 4 is 25.8 Å². The Kier molecular flexibility index (Phi) is 4.94. The zero-order chi connectivity index (χ0) is 13.3. The third-order valence-electron chi connectivity index (χ3n) is 2.57. The fraction of sp³-hybridized carbons (Fsp3) is 0. The second-order valence-corrected chi connectivity index (χ2v) is 3.95. The van der Waals surface area contributed by atoms with Crippen LogP contribution in [0, 0.1) is 0 Å². The summed E-state index contributed by atoms with van der Waals surface area (Å²) in [5, 5.41) is 0. The molecule has 1 nitrogen and oxygen atoms in total. The molecule has 0 N–H and O–H groups in total. The number of rotatable bonds is 5. The molecule has 2 heteroatoms. The van der Waals surface area contributed by atoms with Crippen LogP contribution in [0.15, 0.2) is 66.7 Å². The van der Waals surface area contributed by atoms with Crippen molar-refractivity contribution in [3.8, 4) is 5.75 Å². The SMILES string of the molecule is [B]=COc1ccc(/C=C/C=C/c2ccccc2)cc1. The van der Waals surface area contributed by atoms with Crippen LogP contribution in [-0.2, 0) is 0 Å². The summed E-state index contributed by atoms with van der Waals surface area (Å²) in [6, 6.07) is 17.9. The average molecular weight is 245 g/mol. The van der Waals surface area contributed by atoms with Gasteiger partial charge < -0.3 is 0 Å². The molecule has 0 atom stereocenters. The van der Waals surface area contributed by atoms with Gasteiger partial charge in [0.25, 0.3) is 0 Å². The summed E-state index contributed by atoms with van der Waals surface area (Å²) in [6.45, 7) is 0. The number of hydrogen-bond donors (Lipinski definition) is 0. The summed E-state index contributed by atoms with van der Waals surface area (Å²) in [4.78, 5) is 0. The molecule has 0 bridgehead atoms. The molecule has 1 radical (unpaired) electrons. The van der Waals surface area contributed by atoms with Gasteiger partial charge in [-0.25, -0.2) is 0 Å². The standard InChI is InChI=1S/C17H14BO/c18-14-19-17-12-10-16(11-13-17)9-5-4-8-15-6-2-1-3-7-15/h1-14H/b8-4+,9-5+. The topological polar surface area (TPSA) is 9.23 Å². The number of hydrogen-bond acceptors (Lipinski definition) is 1. The number of benzene rings is 2. The van der Waals surface area contributed by atoms with Gasteiger partial charge in [-0.05, 0) is 0 Å². The van der Waals surface area contributed by atoms with Gasteiger partial charge >= 0.3 is 96.0 Å². The maximum absolute atomic E-state index is 5.18. The van der Waals surface area contributed by atoms with Crippen molar-refractivity contribution in [1.82, 2.24) is 0 Å². The molecule has 19 heavy (non-hydrogen) atoms. The van der Waals surface area contributed by atoms with Crippen LogP contribution in [0.3, 0.4) is 0 Å². The average Bonchev–Trinajstić information content (AvgIpc) is 2.47. The van der Waals surface area contributed by atoms with E-state index in [1.165, 1.54) is 11.7 Å². The van der Waals surface area contributed by atoms with E-state index in [-0.39, 0.29) is 0 Å². The molecule has 0 fully saturated rings. The second kappa shape index (κ2) is 7.17. The molecule has 0 spiro atoms. The van der Waals surface area contributed by atoms with Crippen molar-refractivity contribution in [2.24, 2.45) is 0 Å². The summed E-state index contributed by atoms with van der Waals surface area (Å²) in [5.74, 6) is 0.736. The first-order valence-electron chi connectivity index (χ1n) is 6.08. The van der Waals surface area contributed by atoms with E-state index >= 15 is 0 Å². The van der Waals surface area contributed by atoms with Crippen molar-refractivity contribution < 1.29 is 4.74 Å². The molecule has 0 heterocycles. The van der Waals surface area contributed by atoms with Crippen molar-refractivity contribution in [1.29, 1.82) is 0 Å². The van der Waals surface area contributed by atoms with Crippen LogP contribution in [0.25, 0.3) is 12.2 Å². The fourth-order valence-corrected chi connectivity index (χ4v) is 1.63. The van der Waals surface area contributed by atoms with Crippen LogP contribution in [0.1, 0.15) is 11.1 Å². The van der Waals surface area contributed by atoms with Gasteiger partial charge in [0.1, 0.15) is 0 Å². The molecule has 0 saturated carbocycles. The Morgan fingerprint density at radius 1 is 0.737 bits per heavy atom. The maximum atomic E-state index is 5.18. The normalized spacial score (nSPS) is 10.9. The fourth-order valence-electron chi connectivity index (χ4n) is 1.63. The molecule has 0 unspecified atom stereocenters. The van der Waals surface area contributed by atoms with Gasteiger partial charge in [0.05, 0.1) is 0 Å². The summed E-state index contributed by atoms with van der Waals surface area (Å²) in [7, 11) is 5.18. The van der Waals surface area contributed by atoms with Crippen LogP contribution in [0.2, 0.25) is 0 Å². The quantitative estimate of drug-likeness (QED) is 0.576. The number of allylic oxidation sites excluding steroid dienone is 2.